The first-order valence-corrected chi connectivity index (χ1v) is 26.1. The number of fused-ring (bicyclic) bond motifs is 4. The van der Waals surface area contributed by atoms with Crippen LogP contribution >= 0.6 is 11.3 Å². The molecule has 0 bridgehead atoms. The molecule has 1 saturated carbocycles. The average Bonchev–Trinajstić information content (AvgIpc) is 4.07. The number of nitrogens with one attached hydrogen (secondary N) is 2. The summed E-state index contributed by atoms with van der Waals surface area (Å²) in [6, 6.07) is 43.3. The zero-order chi connectivity index (χ0) is 51.0. The monoisotopic (exact) mass is 1010 g/mol. The molecular weight excluding hydrogens is 951 g/mol. The first kappa shape index (κ1) is 48.6. The van der Waals surface area contributed by atoms with Gasteiger partial charge in [0, 0.05) is 5.56 Å². The van der Waals surface area contributed by atoms with Gasteiger partial charge in [0.15, 0.2) is 5.13 Å². The van der Waals surface area contributed by atoms with E-state index in [2.05, 4.69) is 22.5 Å². The van der Waals surface area contributed by atoms with Crippen molar-refractivity contribution in [2.24, 2.45) is 5.92 Å². The van der Waals surface area contributed by atoms with Gasteiger partial charge in [0.05, 0.1) is 46.6 Å². The SMILES string of the molecule is CC(NC(=O)N1C(=O)C2(c3cc(C#CC4(O)CCCCCC4)ccc31)C(C(=O)Nc1nc3ccccc3s1)C1C(=O)OC(c3ccccc3)C(c3ccccc3)N1C2c1cccc(OCCO)c1)c1ccccc1. The number of morpholine rings is 1. The highest BCUT2D eigenvalue weighted by Crippen LogP contribution is 2.66. The number of aliphatic hydroxyl groups is 2. The Morgan fingerprint density at radius 3 is 2.20 bits per heavy atom. The van der Waals surface area contributed by atoms with Crippen LogP contribution < -0.4 is 20.3 Å². The van der Waals surface area contributed by atoms with E-state index >= 15 is 19.2 Å². The molecular formula is C60H55N5O8S. The van der Waals surface area contributed by atoms with Crippen LogP contribution in [0.2, 0.25) is 0 Å². The minimum absolute atomic E-state index is 0.0302. The number of carbonyl (C=O) groups is 4. The molecule has 14 heteroatoms. The Hall–Kier alpha value is -7.67. The number of rotatable bonds is 10. The summed E-state index contributed by atoms with van der Waals surface area (Å²) in [5, 5.41) is 28.1. The molecule has 1 spiro atoms. The maximum absolute atomic E-state index is 16.9. The number of benzene rings is 6. The molecule has 4 N–H and O–H groups in total. The van der Waals surface area contributed by atoms with Crippen molar-refractivity contribution in [3.8, 4) is 17.6 Å². The molecule has 3 aliphatic heterocycles. The lowest BCUT2D eigenvalue weighted by molar-refractivity contribution is -0.177. The van der Waals surface area contributed by atoms with Crippen LogP contribution in [0.1, 0.15) is 103 Å². The molecule has 7 unspecified atom stereocenters. The molecule has 3 fully saturated rings. The molecule has 4 heterocycles. The summed E-state index contributed by atoms with van der Waals surface area (Å²) < 4.78 is 13.5. The van der Waals surface area contributed by atoms with Crippen LogP contribution in [-0.4, -0.2) is 68.8 Å². The number of ether oxygens (including phenoxy) is 2. The minimum Gasteiger partial charge on any atom is -0.491 e. The number of aliphatic hydroxyl groups excluding tert-OH is 1. The van der Waals surface area contributed by atoms with Crippen molar-refractivity contribution in [2.45, 2.75) is 86.7 Å². The lowest BCUT2D eigenvalue weighted by Crippen LogP contribution is -2.55. The van der Waals surface area contributed by atoms with Crippen molar-refractivity contribution in [2.75, 3.05) is 23.4 Å². The largest absolute Gasteiger partial charge is 0.491 e. The van der Waals surface area contributed by atoms with E-state index in [4.69, 9.17) is 14.5 Å². The molecule has 374 valence electrons. The summed E-state index contributed by atoms with van der Waals surface area (Å²) in [6.07, 6.45) is 3.72. The van der Waals surface area contributed by atoms with Crippen molar-refractivity contribution in [1.29, 1.82) is 0 Å². The number of nitrogens with zero attached hydrogens (tertiary/aromatic N) is 3. The average molecular weight is 1010 g/mol. The van der Waals surface area contributed by atoms with Crippen LogP contribution in [-0.2, 0) is 24.5 Å². The number of hydrogen-bond acceptors (Lipinski definition) is 11. The molecule has 4 amide bonds. The van der Waals surface area contributed by atoms with Crippen molar-refractivity contribution < 1.29 is 38.9 Å². The zero-order valence-electron chi connectivity index (χ0n) is 40.7. The molecule has 2 saturated heterocycles. The molecule has 74 heavy (non-hydrogen) atoms. The second-order valence-corrected chi connectivity index (χ2v) is 20.6. The van der Waals surface area contributed by atoms with Gasteiger partial charge < -0.3 is 30.3 Å². The molecule has 1 aromatic heterocycles. The fourth-order valence-electron chi connectivity index (χ4n) is 11.7. The van der Waals surface area contributed by atoms with E-state index in [1.807, 2.05) is 133 Å². The Labute approximate surface area is 433 Å². The normalized spacial score (nSPS) is 23.4. The van der Waals surface area contributed by atoms with Gasteiger partial charge in [0.25, 0.3) is 0 Å². The summed E-state index contributed by atoms with van der Waals surface area (Å²) in [4.78, 5) is 71.8. The minimum atomic E-state index is -2.10. The Kier molecular flexibility index (Phi) is 13.3. The van der Waals surface area contributed by atoms with Crippen molar-refractivity contribution in [3.63, 3.8) is 0 Å². The Morgan fingerprint density at radius 2 is 1.49 bits per heavy atom. The van der Waals surface area contributed by atoms with Gasteiger partial charge in [-0.1, -0.05) is 151 Å². The molecule has 11 rings (SSSR count). The van der Waals surface area contributed by atoms with Crippen molar-refractivity contribution >= 4 is 56.2 Å². The number of aromatic nitrogens is 1. The fourth-order valence-corrected chi connectivity index (χ4v) is 12.6. The molecule has 6 aromatic carbocycles. The molecule has 7 atom stereocenters. The summed E-state index contributed by atoms with van der Waals surface area (Å²) >= 11 is 1.26. The van der Waals surface area contributed by atoms with Crippen LogP contribution in [0.3, 0.4) is 0 Å². The first-order chi connectivity index (χ1) is 36.1. The van der Waals surface area contributed by atoms with Crippen molar-refractivity contribution in [3.05, 3.63) is 191 Å². The third-order valence-corrected chi connectivity index (χ3v) is 16.0. The van der Waals surface area contributed by atoms with E-state index in [9.17, 15) is 10.2 Å². The van der Waals surface area contributed by atoms with Crippen LogP contribution in [0.15, 0.2) is 158 Å². The van der Waals surface area contributed by atoms with Gasteiger partial charge in [-0.05, 0) is 103 Å². The molecule has 4 aliphatic rings. The smallest absolute Gasteiger partial charge is 0.329 e. The van der Waals surface area contributed by atoms with E-state index in [1.54, 1.807) is 36.4 Å². The number of para-hydroxylation sites is 1. The standard InChI is InChI=1S/C60H55N5O8S/c1-38(40-18-7-4-8-19-40)61-58(70)64-47-29-28-39(30-33-59(71)31-15-2-3-16-32-59)36-45(47)60(56(64)69)49(54(67)63-57-62-46-26-13-14-27-48(46)74-57)51-55(68)73-52(42-22-11-6-12-23-42)50(41-20-9-5-10-21-41)65(51)53(60)43-24-17-25-44(37-43)72-35-34-66/h4-14,17-29,36-38,49-53,66,71H,2-3,15-16,31-32,34-35H2,1H3,(H,61,70)(H,62,63,67). The quantitative estimate of drug-likeness (QED) is 0.0588. The lowest BCUT2D eigenvalue weighted by atomic mass is 9.65. The summed E-state index contributed by atoms with van der Waals surface area (Å²) in [5.41, 5.74) is 0.949. The van der Waals surface area contributed by atoms with Crippen LogP contribution in [0, 0.1) is 17.8 Å². The summed E-state index contributed by atoms with van der Waals surface area (Å²) in [5.74, 6) is 3.04. The third kappa shape index (κ3) is 8.79. The van der Waals surface area contributed by atoms with E-state index < -0.39 is 71.0 Å². The zero-order valence-corrected chi connectivity index (χ0v) is 41.5. The maximum atomic E-state index is 16.9. The number of cyclic esters (lactones) is 1. The Balaban J connectivity index is 1.19. The highest BCUT2D eigenvalue weighted by Gasteiger charge is 2.75. The van der Waals surface area contributed by atoms with Gasteiger partial charge in [0.1, 0.15) is 35.5 Å². The van der Waals surface area contributed by atoms with E-state index in [1.165, 1.54) is 11.3 Å². The van der Waals surface area contributed by atoms with Gasteiger partial charge in [-0.25, -0.2) is 14.7 Å². The van der Waals surface area contributed by atoms with Crippen LogP contribution in [0.25, 0.3) is 10.2 Å². The predicted octanol–water partition coefficient (Wildman–Crippen LogP) is 9.88. The van der Waals surface area contributed by atoms with Crippen LogP contribution in [0.4, 0.5) is 15.6 Å². The number of imide groups is 1. The summed E-state index contributed by atoms with van der Waals surface area (Å²) in [7, 11) is 0. The van der Waals surface area contributed by atoms with Crippen molar-refractivity contribution in [1.82, 2.24) is 15.2 Å². The van der Waals surface area contributed by atoms with Gasteiger partial charge in [-0.15, -0.1) is 0 Å². The fraction of sp³-hybridized carbons (Fsp3) is 0.283. The molecule has 0 radical (unpaired) electrons. The van der Waals surface area contributed by atoms with Gasteiger partial charge in [-0.3, -0.25) is 19.3 Å². The topological polar surface area (TPSA) is 171 Å². The highest BCUT2D eigenvalue weighted by molar-refractivity contribution is 7.22. The molecule has 7 aromatic rings. The maximum Gasteiger partial charge on any atom is 0.329 e. The number of anilines is 2. The van der Waals surface area contributed by atoms with Gasteiger partial charge >= 0.3 is 12.0 Å². The van der Waals surface area contributed by atoms with Gasteiger partial charge in [-0.2, -0.15) is 0 Å². The number of amides is 4. The molecule has 1 aliphatic carbocycles. The summed E-state index contributed by atoms with van der Waals surface area (Å²) in [6.45, 7) is 1.53. The number of hydrogen-bond donors (Lipinski definition) is 4. The Bertz CT molecular complexity index is 3260. The Morgan fingerprint density at radius 1 is 0.811 bits per heavy atom. The molecule has 13 nitrogen and oxygen atoms in total. The number of thiazole rings is 1. The third-order valence-electron chi connectivity index (χ3n) is 15.0. The van der Waals surface area contributed by atoms with E-state index in [-0.39, 0.29) is 29.6 Å². The van der Waals surface area contributed by atoms with Crippen LogP contribution in [0.5, 0.6) is 5.75 Å². The van der Waals surface area contributed by atoms with Gasteiger partial charge in [0.2, 0.25) is 11.8 Å². The second-order valence-electron chi connectivity index (χ2n) is 19.5. The predicted molar refractivity (Wildman–Crippen MR) is 282 cm³/mol. The van der Waals surface area contributed by atoms with E-state index in [0.717, 1.165) is 46.4 Å². The van der Waals surface area contributed by atoms with E-state index in [0.29, 0.717) is 40.8 Å². The highest BCUT2D eigenvalue weighted by atomic mass is 32.1. The number of urea groups is 1. The number of carbonyl (C=O) groups excluding carboxylic acids is 4. The first-order valence-electron chi connectivity index (χ1n) is 25.3. The second kappa shape index (κ2) is 20.3. The lowest BCUT2D eigenvalue weighted by Gasteiger charge is -2.46. The number of esters is 1.